The lowest BCUT2D eigenvalue weighted by atomic mass is 10.2. The molecule has 0 radical (unpaired) electrons. The number of amides is 1. The van der Waals surface area contributed by atoms with Gasteiger partial charge in [-0.15, -0.1) is 11.3 Å². The minimum Gasteiger partial charge on any atom is -0.355 e. The fraction of sp³-hybridized carbons (Fsp3) is 0.438. The molecule has 0 saturated heterocycles. The highest BCUT2D eigenvalue weighted by molar-refractivity contribution is 7.19. The Bertz CT molecular complexity index is 546. The molecule has 1 aromatic heterocycles. The Balaban J connectivity index is 2.00. The van der Waals surface area contributed by atoms with Crippen molar-refractivity contribution in [2.45, 2.75) is 39.3 Å². The number of benzene rings is 1. The van der Waals surface area contributed by atoms with Gasteiger partial charge in [0.05, 0.1) is 6.04 Å². The van der Waals surface area contributed by atoms with Crippen molar-refractivity contribution < 1.29 is 4.79 Å². The number of fused-ring (bicyclic) bond motifs is 1. The van der Waals surface area contributed by atoms with Crippen LogP contribution in [0.3, 0.4) is 0 Å². The van der Waals surface area contributed by atoms with Crippen LogP contribution in [-0.2, 0) is 4.79 Å². The van der Waals surface area contributed by atoms with Crippen molar-refractivity contribution in [2.75, 3.05) is 6.54 Å². The number of hydrogen-bond acceptors (Lipinski definition) is 3. The molecule has 4 heteroatoms. The van der Waals surface area contributed by atoms with Gasteiger partial charge in [0, 0.05) is 22.2 Å². The van der Waals surface area contributed by atoms with E-state index in [0.29, 0.717) is 0 Å². The summed E-state index contributed by atoms with van der Waals surface area (Å²) in [7, 11) is 0. The molecule has 2 N–H and O–H groups in total. The molecule has 2 unspecified atom stereocenters. The van der Waals surface area contributed by atoms with E-state index in [1.165, 1.54) is 15.0 Å². The van der Waals surface area contributed by atoms with E-state index < -0.39 is 0 Å². The number of carbonyl (C=O) groups is 1. The van der Waals surface area contributed by atoms with Gasteiger partial charge in [0.15, 0.2) is 0 Å². The normalized spacial score (nSPS) is 14.2. The maximum atomic E-state index is 11.9. The predicted octanol–water partition coefficient (Wildman–Crippen LogP) is 3.47. The van der Waals surface area contributed by atoms with Crippen LogP contribution in [0.5, 0.6) is 0 Å². The van der Waals surface area contributed by atoms with Crippen LogP contribution in [0.1, 0.15) is 38.1 Å². The average molecular weight is 290 g/mol. The SMILES string of the molecule is CCCNC(=O)C(C)NC(C)c1cc2ccccc2s1. The van der Waals surface area contributed by atoms with Gasteiger partial charge in [-0.1, -0.05) is 25.1 Å². The lowest BCUT2D eigenvalue weighted by molar-refractivity contribution is -0.122. The lowest BCUT2D eigenvalue weighted by Gasteiger charge is -2.18. The summed E-state index contributed by atoms with van der Waals surface area (Å²) >= 11 is 1.78. The summed E-state index contributed by atoms with van der Waals surface area (Å²) in [6, 6.07) is 10.6. The van der Waals surface area contributed by atoms with Crippen molar-refractivity contribution in [2.24, 2.45) is 0 Å². The Morgan fingerprint density at radius 1 is 1.30 bits per heavy atom. The van der Waals surface area contributed by atoms with Gasteiger partial charge < -0.3 is 5.32 Å². The second-order valence-electron chi connectivity index (χ2n) is 5.09. The van der Waals surface area contributed by atoms with Crippen molar-refractivity contribution in [3.63, 3.8) is 0 Å². The Kier molecular flexibility index (Phi) is 5.15. The van der Waals surface area contributed by atoms with Crippen molar-refractivity contribution in [3.05, 3.63) is 35.2 Å². The van der Waals surface area contributed by atoms with Gasteiger partial charge in [0.2, 0.25) is 5.91 Å². The molecule has 0 fully saturated rings. The first-order chi connectivity index (χ1) is 9.61. The third kappa shape index (κ3) is 3.58. The van der Waals surface area contributed by atoms with Gasteiger partial charge in [-0.05, 0) is 37.8 Å². The van der Waals surface area contributed by atoms with Gasteiger partial charge in [-0.2, -0.15) is 0 Å². The summed E-state index contributed by atoms with van der Waals surface area (Å²) in [6.07, 6.45) is 0.963. The average Bonchev–Trinajstić information content (AvgIpc) is 2.88. The van der Waals surface area contributed by atoms with Crippen molar-refractivity contribution in [3.8, 4) is 0 Å². The van der Waals surface area contributed by atoms with Crippen molar-refractivity contribution >= 4 is 27.3 Å². The van der Waals surface area contributed by atoms with Gasteiger partial charge in [0.25, 0.3) is 0 Å². The molecule has 1 amide bonds. The highest BCUT2D eigenvalue weighted by atomic mass is 32.1. The van der Waals surface area contributed by atoms with E-state index in [0.717, 1.165) is 13.0 Å². The molecule has 0 aliphatic rings. The molecule has 2 atom stereocenters. The Morgan fingerprint density at radius 2 is 2.05 bits per heavy atom. The summed E-state index contributed by atoms with van der Waals surface area (Å²) in [5.41, 5.74) is 0. The molecule has 1 aromatic carbocycles. The van der Waals surface area contributed by atoms with Gasteiger partial charge in [-0.25, -0.2) is 0 Å². The van der Waals surface area contributed by atoms with Crippen molar-refractivity contribution in [1.29, 1.82) is 0 Å². The van der Waals surface area contributed by atoms with Crippen LogP contribution in [0, 0.1) is 0 Å². The number of nitrogens with one attached hydrogen (secondary N) is 2. The molecule has 0 spiro atoms. The topological polar surface area (TPSA) is 41.1 Å². The second-order valence-corrected chi connectivity index (χ2v) is 6.20. The highest BCUT2D eigenvalue weighted by Crippen LogP contribution is 2.29. The molecule has 0 bridgehead atoms. The van der Waals surface area contributed by atoms with Crippen LogP contribution in [-0.4, -0.2) is 18.5 Å². The number of rotatable bonds is 6. The standard InChI is InChI=1S/C16H22N2OS/c1-4-9-17-16(19)12(3)18-11(2)15-10-13-7-5-6-8-14(13)20-15/h5-8,10-12,18H,4,9H2,1-3H3,(H,17,19). The maximum absolute atomic E-state index is 11.9. The second kappa shape index (κ2) is 6.86. The fourth-order valence-electron chi connectivity index (χ4n) is 2.15. The van der Waals surface area contributed by atoms with Crippen LogP contribution in [0.4, 0.5) is 0 Å². The first kappa shape index (κ1) is 15.0. The predicted molar refractivity (Wildman–Crippen MR) is 86.1 cm³/mol. The number of carbonyl (C=O) groups excluding carboxylic acids is 1. The first-order valence-corrected chi connectivity index (χ1v) is 7.95. The van der Waals surface area contributed by atoms with E-state index in [1.54, 1.807) is 11.3 Å². The zero-order valence-corrected chi connectivity index (χ0v) is 13.1. The molecule has 3 nitrogen and oxygen atoms in total. The van der Waals surface area contributed by atoms with Crippen LogP contribution in [0.15, 0.2) is 30.3 Å². The zero-order valence-electron chi connectivity index (χ0n) is 12.3. The molecule has 0 aliphatic carbocycles. The molecule has 0 saturated carbocycles. The quantitative estimate of drug-likeness (QED) is 0.855. The molecule has 108 valence electrons. The molecular weight excluding hydrogens is 268 g/mol. The van der Waals surface area contributed by atoms with E-state index in [1.807, 2.05) is 6.92 Å². The summed E-state index contributed by atoms with van der Waals surface area (Å²) in [5, 5.41) is 7.55. The largest absolute Gasteiger partial charge is 0.355 e. The monoisotopic (exact) mass is 290 g/mol. The Morgan fingerprint density at radius 3 is 2.75 bits per heavy atom. The summed E-state index contributed by atoms with van der Waals surface area (Å²) in [5.74, 6) is 0.0693. The van der Waals surface area contributed by atoms with Crippen LogP contribution >= 0.6 is 11.3 Å². The Labute approximate surface area is 124 Å². The first-order valence-electron chi connectivity index (χ1n) is 7.14. The molecular formula is C16H22N2OS. The summed E-state index contributed by atoms with van der Waals surface area (Å²) in [4.78, 5) is 13.1. The van der Waals surface area contributed by atoms with Crippen LogP contribution in [0.25, 0.3) is 10.1 Å². The van der Waals surface area contributed by atoms with Gasteiger partial charge >= 0.3 is 0 Å². The van der Waals surface area contributed by atoms with E-state index in [4.69, 9.17) is 0 Å². The lowest BCUT2D eigenvalue weighted by Crippen LogP contribution is -2.43. The number of hydrogen-bond donors (Lipinski definition) is 2. The molecule has 2 aromatic rings. The minimum absolute atomic E-state index is 0.0693. The fourth-order valence-corrected chi connectivity index (χ4v) is 3.23. The third-order valence-electron chi connectivity index (χ3n) is 3.31. The van der Waals surface area contributed by atoms with Crippen LogP contribution in [0.2, 0.25) is 0 Å². The Hall–Kier alpha value is -1.39. The molecule has 2 rings (SSSR count). The molecule has 1 heterocycles. The van der Waals surface area contributed by atoms with Crippen LogP contribution < -0.4 is 10.6 Å². The minimum atomic E-state index is -0.179. The molecule has 20 heavy (non-hydrogen) atoms. The van der Waals surface area contributed by atoms with E-state index in [9.17, 15) is 4.79 Å². The van der Waals surface area contributed by atoms with E-state index in [-0.39, 0.29) is 18.0 Å². The summed E-state index contributed by atoms with van der Waals surface area (Å²) in [6.45, 7) is 6.81. The maximum Gasteiger partial charge on any atom is 0.236 e. The van der Waals surface area contributed by atoms with Gasteiger partial charge in [0.1, 0.15) is 0 Å². The zero-order chi connectivity index (χ0) is 14.5. The molecule has 0 aliphatic heterocycles. The van der Waals surface area contributed by atoms with E-state index >= 15 is 0 Å². The van der Waals surface area contributed by atoms with E-state index in [2.05, 4.69) is 54.8 Å². The number of thiophene rings is 1. The highest BCUT2D eigenvalue weighted by Gasteiger charge is 2.17. The summed E-state index contributed by atoms with van der Waals surface area (Å²) < 4.78 is 1.29. The van der Waals surface area contributed by atoms with Crippen molar-refractivity contribution in [1.82, 2.24) is 10.6 Å². The smallest absolute Gasteiger partial charge is 0.236 e. The third-order valence-corrected chi connectivity index (χ3v) is 4.61. The van der Waals surface area contributed by atoms with Gasteiger partial charge in [-0.3, -0.25) is 10.1 Å².